The summed E-state index contributed by atoms with van der Waals surface area (Å²) in [6.45, 7) is 0.222. The Labute approximate surface area is 147 Å². The van der Waals surface area contributed by atoms with E-state index in [2.05, 4.69) is 5.32 Å². The smallest absolute Gasteiger partial charge is 0.243 e. The minimum absolute atomic E-state index is 0.222. The van der Waals surface area contributed by atoms with Crippen molar-refractivity contribution in [2.24, 2.45) is 0 Å². The monoisotopic (exact) mass is 366 g/mol. The van der Waals surface area contributed by atoms with Gasteiger partial charge in [-0.2, -0.15) is 4.31 Å². The van der Waals surface area contributed by atoms with E-state index in [1.54, 1.807) is 42.5 Å². The number of hydrogen-bond acceptors (Lipinski definition) is 3. The molecule has 1 N–H and O–H groups in total. The second kappa shape index (κ2) is 7.79. The van der Waals surface area contributed by atoms with Gasteiger partial charge in [0.05, 0.1) is 6.26 Å². The van der Waals surface area contributed by atoms with E-state index >= 15 is 0 Å². The molecule has 0 saturated carbocycles. The Kier molecular flexibility index (Phi) is 5.99. The summed E-state index contributed by atoms with van der Waals surface area (Å²) < 4.78 is 24.9. The number of halogens is 1. The molecule has 2 aromatic rings. The van der Waals surface area contributed by atoms with Crippen molar-refractivity contribution >= 4 is 27.5 Å². The van der Waals surface area contributed by atoms with Crippen LogP contribution in [0.5, 0.6) is 0 Å². The molecule has 0 fully saturated rings. The quantitative estimate of drug-likeness (QED) is 0.854. The number of sulfonamides is 1. The SMILES string of the molecule is CN([C@H](C(=O)NCc1ccccc1Cl)c1ccccc1)S(C)(=O)=O. The first-order valence-electron chi connectivity index (χ1n) is 7.30. The van der Waals surface area contributed by atoms with Crippen molar-refractivity contribution in [3.05, 3.63) is 70.7 Å². The van der Waals surface area contributed by atoms with Crippen LogP contribution in [-0.4, -0.2) is 31.9 Å². The van der Waals surface area contributed by atoms with Gasteiger partial charge >= 0.3 is 0 Å². The van der Waals surface area contributed by atoms with Crippen LogP contribution in [0.4, 0.5) is 0 Å². The van der Waals surface area contributed by atoms with Gasteiger partial charge in [-0.3, -0.25) is 4.79 Å². The molecule has 7 heteroatoms. The molecule has 0 aromatic heterocycles. The molecule has 0 heterocycles. The van der Waals surface area contributed by atoms with Gasteiger partial charge in [0.15, 0.2) is 0 Å². The van der Waals surface area contributed by atoms with Crippen molar-refractivity contribution in [2.45, 2.75) is 12.6 Å². The number of nitrogens with one attached hydrogen (secondary N) is 1. The van der Waals surface area contributed by atoms with Crippen LogP contribution in [0.2, 0.25) is 5.02 Å². The summed E-state index contributed by atoms with van der Waals surface area (Å²) in [6, 6.07) is 15.0. The van der Waals surface area contributed by atoms with Crippen molar-refractivity contribution < 1.29 is 13.2 Å². The molecule has 5 nitrogen and oxygen atoms in total. The highest BCUT2D eigenvalue weighted by Gasteiger charge is 2.30. The zero-order valence-electron chi connectivity index (χ0n) is 13.4. The third-order valence-corrected chi connectivity index (χ3v) is 5.29. The molecule has 2 rings (SSSR count). The third kappa shape index (κ3) is 4.56. The molecule has 128 valence electrons. The fourth-order valence-electron chi connectivity index (χ4n) is 2.27. The average Bonchev–Trinajstić information content (AvgIpc) is 2.54. The maximum Gasteiger partial charge on any atom is 0.243 e. The van der Waals surface area contributed by atoms with Crippen molar-refractivity contribution in [1.29, 1.82) is 0 Å². The molecule has 0 saturated heterocycles. The Bertz CT molecular complexity index is 810. The molecular weight excluding hydrogens is 348 g/mol. The summed E-state index contributed by atoms with van der Waals surface area (Å²) in [5, 5.41) is 3.31. The first kappa shape index (κ1) is 18.4. The Balaban J connectivity index is 2.24. The van der Waals surface area contributed by atoms with Crippen molar-refractivity contribution in [2.75, 3.05) is 13.3 Å². The molecule has 0 unspecified atom stereocenters. The summed E-state index contributed by atoms with van der Waals surface area (Å²) in [5.74, 6) is -0.408. The number of carbonyl (C=O) groups is 1. The molecule has 0 aliphatic heterocycles. The van der Waals surface area contributed by atoms with E-state index in [1.165, 1.54) is 7.05 Å². The molecule has 0 aliphatic carbocycles. The van der Waals surface area contributed by atoms with Gasteiger partial charge in [-0.25, -0.2) is 8.42 Å². The number of benzene rings is 2. The lowest BCUT2D eigenvalue weighted by molar-refractivity contribution is -0.124. The first-order valence-corrected chi connectivity index (χ1v) is 9.52. The number of carbonyl (C=O) groups excluding carboxylic acids is 1. The molecule has 24 heavy (non-hydrogen) atoms. The second-order valence-electron chi connectivity index (χ2n) is 5.40. The minimum Gasteiger partial charge on any atom is -0.350 e. The fourth-order valence-corrected chi connectivity index (χ4v) is 3.08. The number of hydrogen-bond donors (Lipinski definition) is 1. The molecule has 1 amide bonds. The Morgan fingerprint density at radius 3 is 2.29 bits per heavy atom. The zero-order chi connectivity index (χ0) is 17.7. The van der Waals surface area contributed by atoms with Crippen LogP contribution in [0.15, 0.2) is 54.6 Å². The van der Waals surface area contributed by atoms with Gasteiger partial charge in [-0.05, 0) is 17.2 Å². The van der Waals surface area contributed by atoms with E-state index in [4.69, 9.17) is 11.6 Å². The van der Waals surface area contributed by atoms with Crippen LogP contribution in [0, 0.1) is 0 Å². The maximum absolute atomic E-state index is 12.7. The molecule has 0 radical (unpaired) electrons. The molecular formula is C17H19ClN2O3S. The second-order valence-corrected chi connectivity index (χ2v) is 7.85. The Morgan fingerprint density at radius 1 is 1.12 bits per heavy atom. The number of rotatable bonds is 6. The largest absolute Gasteiger partial charge is 0.350 e. The van der Waals surface area contributed by atoms with E-state index in [0.717, 1.165) is 16.1 Å². The number of amides is 1. The van der Waals surface area contributed by atoms with Gasteiger partial charge in [0.1, 0.15) is 6.04 Å². The van der Waals surface area contributed by atoms with Crippen LogP contribution in [0.3, 0.4) is 0 Å². The lowest BCUT2D eigenvalue weighted by Gasteiger charge is -2.25. The fraction of sp³-hybridized carbons (Fsp3) is 0.235. The van der Waals surface area contributed by atoms with Gasteiger partial charge < -0.3 is 5.32 Å². The minimum atomic E-state index is -3.54. The van der Waals surface area contributed by atoms with Gasteiger partial charge in [-0.1, -0.05) is 60.1 Å². The average molecular weight is 367 g/mol. The standard InChI is InChI=1S/C17H19ClN2O3S/c1-20(24(2,22)23)16(13-8-4-3-5-9-13)17(21)19-12-14-10-6-7-11-15(14)18/h3-11,16H,12H2,1-2H3,(H,19,21)/t16-/m0/s1. The van der Waals surface area contributed by atoms with E-state index in [-0.39, 0.29) is 6.54 Å². The molecule has 2 aromatic carbocycles. The van der Waals surface area contributed by atoms with Crippen molar-refractivity contribution in [1.82, 2.24) is 9.62 Å². The van der Waals surface area contributed by atoms with Crippen LogP contribution in [0.1, 0.15) is 17.2 Å². The predicted molar refractivity (Wildman–Crippen MR) is 95.1 cm³/mol. The van der Waals surface area contributed by atoms with Crippen LogP contribution < -0.4 is 5.32 Å². The van der Waals surface area contributed by atoms with Gasteiger partial charge in [0, 0.05) is 18.6 Å². The van der Waals surface area contributed by atoms with Crippen molar-refractivity contribution in [3.63, 3.8) is 0 Å². The Morgan fingerprint density at radius 2 is 1.71 bits per heavy atom. The highest BCUT2D eigenvalue weighted by atomic mass is 35.5. The predicted octanol–water partition coefficient (Wildman–Crippen LogP) is 2.59. The van der Waals surface area contributed by atoms with Gasteiger partial charge in [0.2, 0.25) is 15.9 Å². The third-order valence-electron chi connectivity index (χ3n) is 3.66. The van der Waals surface area contributed by atoms with Gasteiger partial charge in [0.25, 0.3) is 0 Å². The van der Waals surface area contributed by atoms with Gasteiger partial charge in [-0.15, -0.1) is 0 Å². The highest BCUT2D eigenvalue weighted by molar-refractivity contribution is 7.88. The Hall–Kier alpha value is -1.89. The van der Waals surface area contributed by atoms with E-state index in [1.807, 2.05) is 12.1 Å². The van der Waals surface area contributed by atoms with Crippen LogP contribution >= 0.6 is 11.6 Å². The van der Waals surface area contributed by atoms with Crippen LogP contribution in [-0.2, 0) is 21.4 Å². The van der Waals surface area contributed by atoms with E-state index in [0.29, 0.717) is 10.6 Å². The molecule has 0 bridgehead atoms. The zero-order valence-corrected chi connectivity index (χ0v) is 15.0. The maximum atomic E-state index is 12.7. The summed E-state index contributed by atoms with van der Waals surface area (Å²) in [6.07, 6.45) is 1.07. The van der Waals surface area contributed by atoms with Crippen LogP contribution in [0.25, 0.3) is 0 Å². The summed E-state index contributed by atoms with van der Waals surface area (Å²) >= 11 is 6.08. The first-order chi connectivity index (χ1) is 11.3. The molecule has 1 atom stereocenters. The number of nitrogens with zero attached hydrogens (tertiary/aromatic N) is 1. The lowest BCUT2D eigenvalue weighted by atomic mass is 10.1. The summed E-state index contributed by atoms with van der Waals surface area (Å²) in [5.41, 5.74) is 1.36. The van der Waals surface area contributed by atoms with E-state index < -0.39 is 22.0 Å². The number of likely N-dealkylation sites (N-methyl/N-ethyl adjacent to an activating group) is 1. The molecule has 0 spiro atoms. The van der Waals surface area contributed by atoms with E-state index in [9.17, 15) is 13.2 Å². The summed E-state index contributed by atoms with van der Waals surface area (Å²) in [7, 11) is -2.15. The normalized spacial score (nSPS) is 12.8. The van der Waals surface area contributed by atoms with Crippen molar-refractivity contribution in [3.8, 4) is 0 Å². The highest BCUT2D eigenvalue weighted by Crippen LogP contribution is 2.22. The molecule has 0 aliphatic rings. The lowest BCUT2D eigenvalue weighted by Crippen LogP contribution is -2.41. The topological polar surface area (TPSA) is 66.5 Å². The summed E-state index contributed by atoms with van der Waals surface area (Å²) in [4.78, 5) is 12.7.